The highest BCUT2D eigenvalue weighted by Crippen LogP contribution is 2.25. The number of carbonyl (C=O) groups is 1. The summed E-state index contributed by atoms with van der Waals surface area (Å²) in [5.74, 6) is -0.782. The standard InChI is InChI=1S/C14H20ClNO2/c1-3-9-16(10-14(17)18)13(4-2)11-5-7-12(15)8-6-11/h5-8,13H,3-4,9-10H2,1-2H3,(H,17,18). The van der Waals surface area contributed by atoms with Crippen molar-refractivity contribution in [2.75, 3.05) is 13.1 Å². The molecule has 0 aliphatic rings. The number of hydrogen-bond donors (Lipinski definition) is 1. The van der Waals surface area contributed by atoms with E-state index in [1.165, 1.54) is 0 Å². The zero-order valence-corrected chi connectivity index (χ0v) is 11.7. The van der Waals surface area contributed by atoms with Gasteiger partial charge in [-0.1, -0.05) is 37.6 Å². The Hall–Kier alpha value is -1.06. The molecule has 1 aromatic rings. The Balaban J connectivity index is 2.89. The van der Waals surface area contributed by atoms with Gasteiger partial charge in [-0.3, -0.25) is 9.69 Å². The molecule has 0 amide bonds. The third-order valence-corrected chi connectivity index (χ3v) is 3.18. The van der Waals surface area contributed by atoms with Crippen LogP contribution in [0, 0.1) is 0 Å². The van der Waals surface area contributed by atoms with Crippen LogP contribution in [0.2, 0.25) is 5.02 Å². The second kappa shape index (κ2) is 7.39. The largest absolute Gasteiger partial charge is 0.480 e. The van der Waals surface area contributed by atoms with Gasteiger partial charge in [-0.25, -0.2) is 0 Å². The van der Waals surface area contributed by atoms with Crippen LogP contribution >= 0.6 is 11.6 Å². The first-order chi connectivity index (χ1) is 8.58. The lowest BCUT2D eigenvalue weighted by Crippen LogP contribution is -2.34. The Kier molecular flexibility index (Phi) is 6.16. The molecule has 100 valence electrons. The van der Waals surface area contributed by atoms with Crippen LogP contribution in [0.25, 0.3) is 0 Å². The molecule has 1 rings (SSSR count). The maximum atomic E-state index is 10.9. The van der Waals surface area contributed by atoms with Gasteiger partial charge in [0.2, 0.25) is 0 Å². The maximum absolute atomic E-state index is 10.9. The van der Waals surface area contributed by atoms with Crippen LogP contribution in [0.1, 0.15) is 38.3 Å². The Morgan fingerprint density at radius 1 is 1.33 bits per heavy atom. The number of aliphatic carboxylic acids is 1. The maximum Gasteiger partial charge on any atom is 0.317 e. The van der Waals surface area contributed by atoms with Crippen molar-refractivity contribution >= 4 is 17.6 Å². The summed E-state index contributed by atoms with van der Waals surface area (Å²) in [6.07, 6.45) is 1.83. The van der Waals surface area contributed by atoms with Crippen LogP contribution in [0.5, 0.6) is 0 Å². The van der Waals surface area contributed by atoms with E-state index in [0.29, 0.717) is 5.02 Å². The van der Waals surface area contributed by atoms with Crippen LogP contribution in [0.3, 0.4) is 0 Å². The summed E-state index contributed by atoms with van der Waals surface area (Å²) in [6, 6.07) is 7.79. The van der Waals surface area contributed by atoms with E-state index in [-0.39, 0.29) is 12.6 Å². The highest BCUT2D eigenvalue weighted by molar-refractivity contribution is 6.30. The summed E-state index contributed by atoms with van der Waals surface area (Å²) in [4.78, 5) is 12.9. The first-order valence-electron chi connectivity index (χ1n) is 6.29. The molecule has 0 fully saturated rings. The summed E-state index contributed by atoms with van der Waals surface area (Å²) in [5.41, 5.74) is 1.12. The van der Waals surface area contributed by atoms with E-state index in [0.717, 1.165) is 24.9 Å². The second-order valence-corrected chi connectivity index (χ2v) is 4.78. The average molecular weight is 270 g/mol. The van der Waals surface area contributed by atoms with E-state index in [4.69, 9.17) is 16.7 Å². The van der Waals surface area contributed by atoms with Gasteiger partial charge in [0.15, 0.2) is 0 Å². The van der Waals surface area contributed by atoms with Crippen LogP contribution < -0.4 is 0 Å². The van der Waals surface area contributed by atoms with E-state index >= 15 is 0 Å². The molecule has 0 aromatic heterocycles. The summed E-state index contributed by atoms with van der Waals surface area (Å²) in [6.45, 7) is 5.00. The van der Waals surface area contributed by atoms with Crippen LogP contribution in [-0.2, 0) is 4.79 Å². The molecular weight excluding hydrogens is 250 g/mol. The van der Waals surface area contributed by atoms with Crippen molar-refractivity contribution < 1.29 is 9.90 Å². The quantitative estimate of drug-likeness (QED) is 0.822. The minimum Gasteiger partial charge on any atom is -0.480 e. The number of nitrogens with zero attached hydrogens (tertiary/aromatic N) is 1. The first kappa shape index (κ1) is 15.0. The number of carboxylic acid groups (broad SMARTS) is 1. The first-order valence-corrected chi connectivity index (χ1v) is 6.67. The Morgan fingerprint density at radius 2 is 1.94 bits per heavy atom. The van der Waals surface area contributed by atoms with Crippen molar-refractivity contribution in [1.29, 1.82) is 0 Å². The van der Waals surface area contributed by atoms with Crippen LogP contribution in [0.4, 0.5) is 0 Å². The molecule has 18 heavy (non-hydrogen) atoms. The minimum absolute atomic E-state index is 0.0783. The van der Waals surface area contributed by atoms with Gasteiger partial charge in [-0.2, -0.15) is 0 Å². The number of carboxylic acids is 1. The second-order valence-electron chi connectivity index (χ2n) is 4.34. The molecule has 1 atom stereocenters. The van der Waals surface area contributed by atoms with Crippen LogP contribution in [-0.4, -0.2) is 29.1 Å². The fraction of sp³-hybridized carbons (Fsp3) is 0.500. The van der Waals surface area contributed by atoms with E-state index in [1.54, 1.807) is 0 Å². The molecule has 0 saturated heterocycles. The molecule has 0 spiro atoms. The van der Waals surface area contributed by atoms with Gasteiger partial charge in [-0.15, -0.1) is 0 Å². The predicted molar refractivity (Wildman–Crippen MR) is 74.0 cm³/mol. The van der Waals surface area contributed by atoms with Crippen LogP contribution in [0.15, 0.2) is 24.3 Å². The smallest absolute Gasteiger partial charge is 0.317 e. The summed E-state index contributed by atoms with van der Waals surface area (Å²) < 4.78 is 0. The molecule has 1 unspecified atom stereocenters. The fourth-order valence-corrected chi connectivity index (χ4v) is 2.32. The van der Waals surface area contributed by atoms with Gasteiger partial charge in [0.1, 0.15) is 0 Å². The molecule has 0 heterocycles. The van der Waals surface area contributed by atoms with Crippen molar-refractivity contribution in [3.8, 4) is 0 Å². The SMILES string of the molecule is CCCN(CC(=O)O)C(CC)c1ccc(Cl)cc1. The molecule has 1 N–H and O–H groups in total. The zero-order valence-electron chi connectivity index (χ0n) is 10.9. The monoisotopic (exact) mass is 269 g/mol. The van der Waals surface area contributed by atoms with E-state index in [2.05, 4.69) is 13.8 Å². The van der Waals surface area contributed by atoms with E-state index in [9.17, 15) is 4.79 Å². The number of benzene rings is 1. The molecule has 1 aromatic carbocycles. The molecule has 0 saturated carbocycles. The van der Waals surface area contributed by atoms with E-state index < -0.39 is 5.97 Å². The minimum atomic E-state index is -0.782. The topological polar surface area (TPSA) is 40.5 Å². The zero-order chi connectivity index (χ0) is 13.5. The lowest BCUT2D eigenvalue weighted by atomic mass is 10.0. The predicted octanol–water partition coefficient (Wildman–Crippen LogP) is 3.59. The highest BCUT2D eigenvalue weighted by Gasteiger charge is 2.20. The van der Waals surface area contributed by atoms with Gasteiger partial charge in [-0.05, 0) is 37.1 Å². The van der Waals surface area contributed by atoms with Gasteiger partial charge in [0.25, 0.3) is 0 Å². The lowest BCUT2D eigenvalue weighted by molar-refractivity contribution is -0.139. The van der Waals surface area contributed by atoms with Crippen molar-refractivity contribution in [2.45, 2.75) is 32.7 Å². The Bertz CT molecular complexity index is 378. The summed E-state index contributed by atoms with van der Waals surface area (Å²) in [7, 11) is 0. The molecule has 3 nitrogen and oxygen atoms in total. The normalized spacial score (nSPS) is 12.7. The van der Waals surface area contributed by atoms with Gasteiger partial charge < -0.3 is 5.11 Å². The third kappa shape index (κ3) is 4.31. The van der Waals surface area contributed by atoms with Crippen molar-refractivity contribution in [1.82, 2.24) is 4.90 Å². The lowest BCUT2D eigenvalue weighted by Gasteiger charge is -2.29. The third-order valence-electron chi connectivity index (χ3n) is 2.93. The molecular formula is C14H20ClNO2. The molecule has 0 radical (unpaired) electrons. The van der Waals surface area contributed by atoms with Crippen molar-refractivity contribution in [3.63, 3.8) is 0 Å². The van der Waals surface area contributed by atoms with Crippen molar-refractivity contribution in [2.24, 2.45) is 0 Å². The summed E-state index contributed by atoms with van der Waals surface area (Å²) in [5, 5.41) is 9.69. The van der Waals surface area contributed by atoms with Gasteiger partial charge >= 0.3 is 5.97 Å². The number of rotatable bonds is 7. The fourth-order valence-electron chi connectivity index (χ4n) is 2.20. The van der Waals surface area contributed by atoms with E-state index in [1.807, 2.05) is 29.2 Å². The highest BCUT2D eigenvalue weighted by atomic mass is 35.5. The van der Waals surface area contributed by atoms with Crippen molar-refractivity contribution in [3.05, 3.63) is 34.9 Å². The average Bonchev–Trinajstić information content (AvgIpc) is 2.32. The molecule has 0 aliphatic carbocycles. The number of hydrogen-bond acceptors (Lipinski definition) is 2. The Morgan fingerprint density at radius 3 is 2.39 bits per heavy atom. The molecule has 4 heteroatoms. The summed E-state index contributed by atoms with van der Waals surface area (Å²) >= 11 is 5.88. The Labute approximate surface area is 113 Å². The molecule has 0 aliphatic heterocycles. The number of halogens is 1. The van der Waals surface area contributed by atoms with Gasteiger partial charge in [0, 0.05) is 11.1 Å². The molecule has 0 bridgehead atoms. The van der Waals surface area contributed by atoms with Gasteiger partial charge in [0.05, 0.1) is 6.54 Å².